The molecule has 0 amide bonds. The third kappa shape index (κ3) is 3.72. The smallest absolute Gasteiger partial charge is 0.237 e. The molecular formula is C6H13O4PS2. The molecule has 0 N–H and O–H groups in total. The van der Waals surface area contributed by atoms with Crippen LogP contribution in [0, 0.1) is 0 Å². The molecule has 0 spiro atoms. The summed E-state index contributed by atoms with van der Waals surface area (Å²) in [6.07, 6.45) is 0.721. The normalized spacial score (nSPS) is 26.8. The van der Waals surface area contributed by atoms with Crippen LogP contribution in [0.1, 0.15) is 6.42 Å². The first-order valence-electron chi connectivity index (χ1n) is 3.83. The summed E-state index contributed by atoms with van der Waals surface area (Å²) in [5.41, 5.74) is 0. The van der Waals surface area contributed by atoms with Crippen molar-refractivity contribution < 1.29 is 17.5 Å². The summed E-state index contributed by atoms with van der Waals surface area (Å²) >= 11 is 1.50. The minimum Gasteiger partial charge on any atom is -0.329 e. The molecule has 1 aliphatic heterocycles. The van der Waals surface area contributed by atoms with E-state index in [1.807, 2.05) is 0 Å². The monoisotopic (exact) mass is 244 g/mol. The van der Waals surface area contributed by atoms with Gasteiger partial charge in [0.05, 0.1) is 11.5 Å². The van der Waals surface area contributed by atoms with Crippen molar-refractivity contribution in [2.45, 2.75) is 11.7 Å². The highest BCUT2D eigenvalue weighted by Crippen LogP contribution is 2.54. The van der Waals surface area contributed by atoms with E-state index < -0.39 is 17.4 Å². The zero-order valence-corrected chi connectivity index (χ0v) is 10.1. The molecule has 1 saturated heterocycles. The van der Waals surface area contributed by atoms with Gasteiger partial charge in [-0.05, 0) is 6.42 Å². The maximum Gasteiger partial charge on any atom is 0.237 e. The standard InChI is InChI=1S/C6H13O4PS2/c1-9-11(10-2)12-6-3-4-13(7,8)5-6/h6H,3-5H2,1-2H3. The van der Waals surface area contributed by atoms with E-state index in [0.717, 1.165) is 6.42 Å². The van der Waals surface area contributed by atoms with Gasteiger partial charge < -0.3 is 9.05 Å². The van der Waals surface area contributed by atoms with Gasteiger partial charge in [0, 0.05) is 19.5 Å². The minimum absolute atomic E-state index is 0.149. The van der Waals surface area contributed by atoms with Crippen LogP contribution in [0.4, 0.5) is 0 Å². The summed E-state index contributed by atoms with van der Waals surface area (Å²) in [4.78, 5) is 0. The first kappa shape index (κ1) is 11.7. The van der Waals surface area contributed by atoms with Crippen molar-refractivity contribution in [1.29, 1.82) is 0 Å². The zero-order valence-electron chi connectivity index (χ0n) is 7.60. The SMILES string of the molecule is COP(OC)SC1CCS(=O)(=O)C1. The second-order valence-corrected chi connectivity index (χ2v) is 8.53. The molecule has 1 unspecified atom stereocenters. The number of hydrogen-bond acceptors (Lipinski definition) is 5. The van der Waals surface area contributed by atoms with Crippen molar-refractivity contribution in [2.75, 3.05) is 25.7 Å². The van der Waals surface area contributed by atoms with Crippen molar-refractivity contribution in [3.63, 3.8) is 0 Å². The van der Waals surface area contributed by atoms with E-state index in [9.17, 15) is 8.42 Å². The summed E-state index contributed by atoms with van der Waals surface area (Å²) in [5, 5.41) is 0.149. The molecule has 1 heterocycles. The predicted octanol–water partition coefficient (Wildman–Crippen LogP) is 1.43. The van der Waals surface area contributed by atoms with E-state index in [1.165, 1.54) is 11.4 Å². The lowest BCUT2D eigenvalue weighted by molar-refractivity contribution is 0.356. The molecule has 1 aliphatic rings. The van der Waals surface area contributed by atoms with Gasteiger partial charge in [0.25, 0.3) is 0 Å². The Morgan fingerprint density at radius 1 is 1.38 bits per heavy atom. The summed E-state index contributed by atoms with van der Waals surface area (Å²) in [5.74, 6) is 0.574. The van der Waals surface area contributed by atoms with Crippen LogP contribution in [-0.2, 0) is 18.9 Å². The fourth-order valence-electron chi connectivity index (χ4n) is 1.13. The lowest BCUT2D eigenvalue weighted by Gasteiger charge is -2.14. The highest BCUT2D eigenvalue weighted by Gasteiger charge is 2.30. The first-order valence-corrected chi connectivity index (χ1v) is 8.31. The Balaban J connectivity index is 2.39. The Bertz CT molecular complexity index is 249. The van der Waals surface area contributed by atoms with Gasteiger partial charge in [-0.1, -0.05) is 11.4 Å². The zero-order chi connectivity index (χ0) is 9.90. The van der Waals surface area contributed by atoms with Gasteiger partial charge in [0.15, 0.2) is 9.84 Å². The molecule has 0 aromatic carbocycles. The molecule has 13 heavy (non-hydrogen) atoms. The Morgan fingerprint density at radius 2 is 2.00 bits per heavy atom. The van der Waals surface area contributed by atoms with Gasteiger partial charge in [-0.3, -0.25) is 0 Å². The second-order valence-electron chi connectivity index (χ2n) is 2.72. The van der Waals surface area contributed by atoms with Crippen LogP contribution < -0.4 is 0 Å². The molecule has 1 atom stereocenters. The number of rotatable bonds is 4. The van der Waals surface area contributed by atoms with E-state index in [1.54, 1.807) is 14.2 Å². The fourth-order valence-corrected chi connectivity index (χ4v) is 6.58. The molecule has 0 aromatic rings. The summed E-state index contributed by atoms with van der Waals surface area (Å²) in [6, 6.07) is 0. The van der Waals surface area contributed by atoms with Crippen molar-refractivity contribution in [2.24, 2.45) is 0 Å². The fraction of sp³-hybridized carbons (Fsp3) is 1.00. The maximum absolute atomic E-state index is 11.1. The van der Waals surface area contributed by atoms with Gasteiger partial charge in [0.2, 0.25) is 7.58 Å². The Morgan fingerprint density at radius 3 is 2.38 bits per heavy atom. The molecule has 7 heteroatoms. The number of hydrogen-bond donors (Lipinski definition) is 0. The van der Waals surface area contributed by atoms with Crippen LogP contribution in [0.2, 0.25) is 0 Å². The van der Waals surface area contributed by atoms with Gasteiger partial charge in [-0.15, -0.1) is 0 Å². The van der Waals surface area contributed by atoms with E-state index >= 15 is 0 Å². The molecular weight excluding hydrogens is 231 g/mol. The van der Waals surface area contributed by atoms with Crippen molar-refractivity contribution in [3.8, 4) is 0 Å². The summed E-state index contributed by atoms with van der Waals surface area (Å²) < 4.78 is 32.3. The highest BCUT2D eigenvalue weighted by molar-refractivity contribution is 8.53. The third-order valence-corrected chi connectivity index (χ3v) is 7.48. The predicted molar refractivity (Wildman–Crippen MR) is 55.6 cm³/mol. The van der Waals surface area contributed by atoms with Crippen molar-refractivity contribution >= 4 is 28.8 Å². The van der Waals surface area contributed by atoms with Crippen LogP contribution in [-0.4, -0.2) is 39.4 Å². The quantitative estimate of drug-likeness (QED) is 0.700. The second kappa shape index (κ2) is 4.94. The van der Waals surface area contributed by atoms with Crippen LogP contribution in [0.15, 0.2) is 0 Å². The molecule has 1 rings (SSSR count). The van der Waals surface area contributed by atoms with Gasteiger partial charge in [-0.2, -0.15) is 0 Å². The van der Waals surface area contributed by atoms with Crippen LogP contribution in [0.3, 0.4) is 0 Å². The maximum atomic E-state index is 11.1. The van der Waals surface area contributed by atoms with Gasteiger partial charge in [0.1, 0.15) is 0 Å². The van der Waals surface area contributed by atoms with Gasteiger partial charge >= 0.3 is 0 Å². The van der Waals surface area contributed by atoms with Crippen LogP contribution in [0.25, 0.3) is 0 Å². The molecule has 78 valence electrons. The molecule has 0 aliphatic carbocycles. The van der Waals surface area contributed by atoms with Crippen molar-refractivity contribution in [1.82, 2.24) is 0 Å². The molecule has 0 saturated carbocycles. The van der Waals surface area contributed by atoms with Crippen LogP contribution in [0.5, 0.6) is 0 Å². The Hall–Kier alpha value is 0.650. The Kier molecular flexibility index (Phi) is 4.45. The first-order chi connectivity index (χ1) is 6.07. The van der Waals surface area contributed by atoms with E-state index in [-0.39, 0.29) is 11.0 Å². The lowest BCUT2D eigenvalue weighted by Crippen LogP contribution is -2.05. The lowest BCUT2D eigenvalue weighted by atomic mass is 10.4. The molecule has 0 bridgehead atoms. The summed E-state index contributed by atoms with van der Waals surface area (Å²) in [7, 11) is -0.585. The van der Waals surface area contributed by atoms with Crippen molar-refractivity contribution in [3.05, 3.63) is 0 Å². The highest BCUT2D eigenvalue weighted by atomic mass is 32.7. The molecule has 1 fully saturated rings. The topological polar surface area (TPSA) is 52.6 Å². The van der Waals surface area contributed by atoms with Crippen LogP contribution >= 0.6 is 19.0 Å². The average Bonchev–Trinajstić information content (AvgIpc) is 2.41. The number of sulfone groups is 1. The molecule has 0 aromatic heterocycles. The largest absolute Gasteiger partial charge is 0.329 e. The average molecular weight is 244 g/mol. The van der Waals surface area contributed by atoms with E-state index in [4.69, 9.17) is 9.05 Å². The Labute approximate surface area is 84.0 Å². The van der Waals surface area contributed by atoms with E-state index in [0.29, 0.717) is 5.75 Å². The third-order valence-electron chi connectivity index (χ3n) is 1.72. The minimum atomic E-state index is -2.78. The molecule has 0 radical (unpaired) electrons. The summed E-state index contributed by atoms with van der Waals surface area (Å²) in [6.45, 7) is 0. The van der Waals surface area contributed by atoms with Gasteiger partial charge in [-0.25, -0.2) is 8.42 Å². The van der Waals surface area contributed by atoms with E-state index in [2.05, 4.69) is 0 Å². The molecule has 4 nitrogen and oxygen atoms in total.